The van der Waals surface area contributed by atoms with E-state index in [9.17, 15) is 0 Å². The molecule has 0 amide bonds. The van der Waals surface area contributed by atoms with Crippen LogP contribution < -0.4 is 5.73 Å². The van der Waals surface area contributed by atoms with Gasteiger partial charge in [-0.1, -0.05) is 30.3 Å². The van der Waals surface area contributed by atoms with Crippen molar-refractivity contribution in [2.24, 2.45) is 0 Å². The molecule has 0 aromatic heterocycles. The van der Waals surface area contributed by atoms with E-state index in [4.69, 9.17) is 22.1 Å². The largest absolute Gasteiger partial charge is 0.399 e. The van der Waals surface area contributed by atoms with Crippen LogP contribution >= 0.6 is 11.6 Å². The molecule has 0 spiro atoms. The highest BCUT2D eigenvalue weighted by molar-refractivity contribution is 6.33. The lowest BCUT2D eigenvalue weighted by atomic mass is 9.90. The van der Waals surface area contributed by atoms with E-state index in [0.29, 0.717) is 0 Å². The Kier molecular flexibility index (Phi) is 4.39. The Bertz CT molecular complexity index is 657. The molecule has 4 heteroatoms. The number of halogens is 1. The summed E-state index contributed by atoms with van der Waals surface area (Å²) in [5.74, 6) is 0. The fraction of sp³-hybridized carbons (Fsp3) is 0.333. The molecule has 1 unspecified atom stereocenters. The highest BCUT2D eigenvalue weighted by Crippen LogP contribution is 2.34. The van der Waals surface area contributed by atoms with E-state index in [0.717, 1.165) is 53.7 Å². The van der Waals surface area contributed by atoms with Gasteiger partial charge in [0.2, 0.25) is 0 Å². The smallest absolute Gasteiger partial charge is 0.0594 e. The minimum absolute atomic E-state index is 0.122. The molecule has 2 N–H and O–H groups in total. The maximum atomic E-state index is 6.45. The summed E-state index contributed by atoms with van der Waals surface area (Å²) >= 11 is 6.45. The molecule has 3 rings (SSSR count). The molecule has 1 aromatic rings. The molecule has 1 atom stereocenters. The van der Waals surface area contributed by atoms with E-state index >= 15 is 0 Å². The number of hydrogen-bond acceptors (Lipinski definition) is 3. The Labute approximate surface area is 136 Å². The second-order valence-corrected chi connectivity index (χ2v) is 6.21. The number of rotatable bonds is 2. The number of nitrogen functional groups attached to an aromatic ring is 1. The molecule has 1 aromatic carbocycles. The molecule has 22 heavy (non-hydrogen) atoms. The zero-order chi connectivity index (χ0) is 15.7. The van der Waals surface area contributed by atoms with Gasteiger partial charge in [0.25, 0.3) is 0 Å². The lowest BCUT2D eigenvalue weighted by molar-refractivity contribution is 0.0318. The summed E-state index contributed by atoms with van der Waals surface area (Å²) in [4.78, 5) is 2.36. The van der Waals surface area contributed by atoms with E-state index in [-0.39, 0.29) is 6.04 Å². The molecule has 0 saturated carbocycles. The number of hydrogen-bond donors (Lipinski definition) is 1. The Morgan fingerprint density at radius 1 is 1.32 bits per heavy atom. The van der Waals surface area contributed by atoms with E-state index in [1.54, 1.807) is 0 Å². The van der Waals surface area contributed by atoms with Crippen molar-refractivity contribution in [1.29, 1.82) is 0 Å². The molecule has 1 heterocycles. The van der Waals surface area contributed by atoms with Gasteiger partial charge >= 0.3 is 0 Å². The highest BCUT2D eigenvalue weighted by Gasteiger charge is 2.26. The first kappa shape index (κ1) is 15.3. The molecule has 0 bridgehead atoms. The third kappa shape index (κ3) is 2.98. The van der Waals surface area contributed by atoms with E-state index in [1.807, 2.05) is 24.3 Å². The summed E-state index contributed by atoms with van der Waals surface area (Å²) in [6, 6.07) is 6.09. The lowest BCUT2D eigenvalue weighted by Gasteiger charge is -2.36. The van der Waals surface area contributed by atoms with Gasteiger partial charge in [0.15, 0.2) is 0 Å². The van der Waals surface area contributed by atoms with Crippen LogP contribution in [0.15, 0.2) is 47.5 Å². The number of aryl methyl sites for hydroxylation is 1. The van der Waals surface area contributed by atoms with Gasteiger partial charge in [0.05, 0.1) is 19.3 Å². The number of nitrogens with two attached hydrogens (primary N) is 1. The van der Waals surface area contributed by atoms with Crippen molar-refractivity contribution in [3.63, 3.8) is 0 Å². The van der Waals surface area contributed by atoms with Crippen LogP contribution in [-0.4, -0.2) is 37.2 Å². The van der Waals surface area contributed by atoms with Crippen molar-refractivity contribution < 1.29 is 4.74 Å². The normalized spacial score (nSPS) is 23.2. The second kappa shape index (κ2) is 6.29. The zero-order valence-corrected chi connectivity index (χ0v) is 13.6. The summed E-state index contributed by atoms with van der Waals surface area (Å²) in [7, 11) is 0. The molecule has 1 aliphatic heterocycles. The number of nitrogens with zero attached hydrogens (tertiary/aromatic N) is 1. The average molecular weight is 317 g/mol. The second-order valence-electron chi connectivity index (χ2n) is 5.81. The molecule has 3 nitrogen and oxygen atoms in total. The van der Waals surface area contributed by atoms with E-state index < -0.39 is 0 Å². The summed E-state index contributed by atoms with van der Waals surface area (Å²) in [5.41, 5.74) is 11.1. The van der Waals surface area contributed by atoms with Crippen molar-refractivity contribution in [3.05, 3.63) is 58.7 Å². The third-order valence-corrected chi connectivity index (χ3v) is 4.65. The van der Waals surface area contributed by atoms with Gasteiger partial charge in [-0.25, -0.2) is 0 Å². The quantitative estimate of drug-likeness (QED) is 0.850. The molecule has 2 aliphatic rings. The van der Waals surface area contributed by atoms with Crippen molar-refractivity contribution in [2.45, 2.75) is 13.0 Å². The number of anilines is 1. The monoisotopic (exact) mass is 316 g/mol. The summed E-state index contributed by atoms with van der Waals surface area (Å²) < 4.78 is 5.44. The summed E-state index contributed by atoms with van der Waals surface area (Å²) in [6.07, 6.45) is 4.23. The third-order valence-electron chi connectivity index (χ3n) is 4.30. The van der Waals surface area contributed by atoms with Crippen LogP contribution in [0.4, 0.5) is 5.69 Å². The van der Waals surface area contributed by atoms with Gasteiger partial charge in [-0.05, 0) is 47.4 Å². The van der Waals surface area contributed by atoms with E-state index in [2.05, 4.69) is 24.5 Å². The Morgan fingerprint density at radius 2 is 2.05 bits per heavy atom. The molecule has 1 saturated heterocycles. The number of morpholine rings is 1. The predicted molar refractivity (Wildman–Crippen MR) is 92.8 cm³/mol. The molecular formula is C18H21ClN2O. The molecule has 1 fully saturated rings. The standard InChI is InChI=1S/C18H21ClN2O/c1-12-3-4-15(20)11-16(12)14-9-17(19)13(2)18(10-14)21-5-7-22-8-6-21/h3-4,9-11,18H,2,5-8,20H2,1H3. The predicted octanol–water partition coefficient (Wildman–Crippen LogP) is 3.35. The topological polar surface area (TPSA) is 38.5 Å². The minimum Gasteiger partial charge on any atom is -0.399 e. The number of ether oxygens (including phenoxy) is 1. The van der Waals surface area contributed by atoms with Crippen LogP contribution in [0.25, 0.3) is 5.57 Å². The van der Waals surface area contributed by atoms with Gasteiger partial charge in [0.1, 0.15) is 0 Å². The van der Waals surface area contributed by atoms with Crippen molar-refractivity contribution in [1.82, 2.24) is 4.90 Å². The van der Waals surface area contributed by atoms with Crippen LogP contribution in [0.3, 0.4) is 0 Å². The molecule has 1 aliphatic carbocycles. The number of benzene rings is 1. The van der Waals surface area contributed by atoms with Gasteiger partial charge in [0, 0.05) is 23.8 Å². The van der Waals surface area contributed by atoms with Crippen molar-refractivity contribution in [3.8, 4) is 0 Å². The van der Waals surface area contributed by atoms with Crippen molar-refractivity contribution in [2.75, 3.05) is 32.0 Å². The van der Waals surface area contributed by atoms with Gasteiger partial charge in [-0.2, -0.15) is 0 Å². The minimum atomic E-state index is 0.122. The zero-order valence-electron chi connectivity index (χ0n) is 12.8. The Hall–Kier alpha value is -1.55. The molecule has 116 valence electrons. The van der Waals surface area contributed by atoms with Crippen molar-refractivity contribution >= 4 is 22.9 Å². The maximum absolute atomic E-state index is 6.45. The molecule has 0 radical (unpaired) electrons. The highest BCUT2D eigenvalue weighted by atomic mass is 35.5. The first-order valence-electron chi connectivity index (χ1n) is 7.53. The van der Waals surface area contributed by atoms with Crippen LogP contribution in [-0.2, 0) is 4.74 Å². The maximum Gasteiger partial charge on any atom is 0.0594 e. The fourth-order valence-corrected chi connectivity index (χ4v) is 3.22. The Morgan fingerprint density at radius 3 is 2.77 bits per heavy atom. The lowest BCUT2D eigenvalue weighted by Crippen LogP contribution is -2.44. The van der Waals surface area contributed by atoms with Gasteiger partial charge < -0.3 is 10.5 Å². The summed E-state index contributed by atoms with van der Waals surface area (Å²) in [5, 5.41) is 0.718. The first-order valence-corrected chi connectivity index (χ1v) is 7.90. The average Bonchev–Trinajstić information content (AvgIpc) is 2.53. The first-order chi connectivity index (χ1) is 10.6. The SMILES string of the molecule is C=C1C(Cl)=CC(c2cc(N)ccc2C)=CC1N1CCOCC1. The van der Waals surface area contributed by atoms with Gasteiger partial charge in [-0.3, -0.25) is 4.90 Å². The van der Waals surface area contributed by atoms with Crippen LogP contribution in [0.2, 0.25) is 0 Å². The fourth-order valence-electron chi connectivity index (χ4n) is 2.99. The summed E-state index contributed by atoms with van der Waals surface area (Å²) in [6.45, 7) is 9.56. The Balaban J connectivity index is 1.99. The molecular weight excluding hydrogens is 296 g/mol. The van der Waals surface area contributed by atoms with Crippen LogP contribution in [0.5, 0.6) is 0 Å². The van der Waals surface area contributed by atoms with Crippen LogP contribution in [0, 0.1) is 6.92 Å². The van der Waals surface area contributed by atoms with E-state index in [1.165, 1.54) is 5.56 Å². The van der Waals surface area contributed by atoms with Gasteiger partial charge in [-0.15, -0.1) is 0 Å². The van der Waals surface area contributed by atoms with Crippen LogP contribution in [0.1, 0.15) is 11.1 Å². The number of allylic oxidation sites excluding steroid dienone is 2.